The first-order valence-electron chi connectivity index (χ1n) is 8.65. The second-order valence-corrected chi connectivity index (χ2v) is 11.0. The number of amides is 1. The van der Waals surface area contributed by atoms with Crippen LogP contribution in [0.15, 0.2) is 40.6 Å². The van der Waals surface area contributed by atoms with E-state index in [0.29, 0.717) is 24.3 Å². The van der Waals surface area contributed by atoms with Gasteiger partial charge in [-0.05, 0) is 42.0 Å². The van der Waals surface area contributed by atoms with E-state index in [4.69, 9.17) is 5.14 Å². The minimum Gasteiger partial charge on any atom is -0.321 e. The molecule has 1 aromatic heterocycles. The Morgan fingerprint density at radius 1 is 1.11 bits per heavy atom. The molecule has 152 valence electrons. The fourth-order valence-electron chi connectivity index (χ4n) is 3.07. The summed E-state index contributed by atoms with van der Waals surface area (Å²) in [5.74, 6) is -0.914. The van der Waals surface area contributed by atoms with E-state index in [-0.39, 0.29) is 15.5 Å². The fourth-order valence-corrected chi connectivity index (χ4v) is 6.53. The molecule has 0 saturated carbocycles. The van der Waals surface area contributed by atoms with Gasteiger partial charge in [0.2, 0.25) is 20.0 Å². The molecule has 1 aliphatic heterocycles. The van der Waals surface area contributed by atoms with E-state index in [0.717, 1.165) is 30.6 Å². The molecule has 0 radical (unpaired) electrons. The number of piperidine rings is 1. The summed E-state index contributed by atoms with van der Waals surface area (Å²) in [5.41, 5.74) is 0.786. The predicted molar refractivity (Wildman–Crippen MR) is 108 cm³/mol. The molecule has 11 heteroatoms. The van der Waals surface area contributed by atoms with E-state index in [1.165, 1.54) is 16.4 Å². The molecule has 0 aliphatic carbocycles. The van der Waals surface area contributed by atoms with Gasteiger partial charge in [0.15, 0.2) is 0 Å². The summed E-state index contributed by atoms with van der Waals surface area (Å²) < 4.78 is 49.7. The monoisotopic (exact) mass is 443 g/mol. The van der Waals surface area contributed by atoms with Gasteiger partial charge >= 0.3 is 0 Å². The minimum absolute atomic E-state index is 0.00223. The number of primary sulfonamides is 1. The molecule has 28 heavy (non-hydrogen) atoms. The van der Waals surface area contributed by atoms with Crippen molar-refractivity contribution in [1.29, 1.82) is 0 Å². The van der Waals surface area contributed by atoms with Gasteiger partial charge in [-0.1, -0.05) is 18.6 Å². The third-order valence-electron chi connectivity index (χ3n) is 4.32. The van der Waals surface area contributed by atoms with Crippen LogP contribution in [-0.4, -0.2) is 40.1 Å². The molecule has 2 aromatic rings. The van der Waals surface area contributed by atoms with E-state index in [1.807, 2.05) is 0 Å². The summed E-state index contributed by atoms with van der Waals surface area (Å²) in [5, 5.41) is 9.26. The van der Waals surface area contributed by atoms with Crippen molar-refractivity contribution >= 4 is 43.0 Å². The first kappa shape index (κ1) is 20.9. The molecular formula is C17H21N3O5S3. The fraction of sp³-hybridized carbons (Fsp3) is 0.353. The summed E-state index contributed by atoms with van der Waals surface area (Å²) >= 11 is 1.05. The molecule has 1 aliphatic rings. The second kappa shape index (κ2) is 8.29. The SMILES string of the molecule is NS(=O)(=O)Cc1cccc(NC(=O)c2sccc2S(=O)(=O)N2CCCCC2)c1. The highest BCUT2D eigenvalue weighted by Crippen LogP contribution is 2.28. The van der Waals surface area contributed by atoms with E-state index >= 15 is 0 Å². The average molecular weight is 444 g/mol. The normalized spacial score (nSPS) is 16.0. The van der Waals surface area contributed by atoms with Crippen molar-refractivity contribution in [2.75, 3.05) is 18.4 Å². The number of rotatable bonds is 6. The van der Waals surface area contributed by atoms with Crippen LogP contribution in [0, 0.1) is 0 Å². The van der Waals surface area contributed by atoms with E-state index in [9.17, 15) is 21.6 Å². The van der Waals surface area contributed by atoms with Crippen LogP contribution in [0.3, 0.4) is 0 Å². The highest BCUT2D eigenvalue weighted by Gasteiger charge is 2.31. The van der Waals surface area contributed by atoms with Crippen LogP contribution in [0.25, 0.3) is 0 Å². The van der Waals surface area contributed by atoms with Gasteiger partial charge in [-0.2, -0.15) is 4.31 Å². The number of hydrogen-bond donors (Lipinski definition) is 2. The molecule has 0 atom stereocenters. The lowest BCUT2D eigenvalue weighted by atomic mass is 10.2. The molecular weight excluding hydrogens is 422 g/mol. The second-order valence-electron chi connectivity index (χ2n) is 6.54. The van der Waals surface area contributed by atoms with Crippen LogP contribution in [0.5, 0.6) is 0 Å². The van der Waals surface area contributed by atoms with Gasteiger partial charge in [-0.3, -0.25) is 4.79 Å². The number of thiophene rings is 1. The lowest BCUT2D eigenvalue weighted by molar-refractivity contribution is 0.102. The number of nitrogens with one attached hydrogen (secondary N) is 1. The third-order valence-corrected chi connectivity index (χ3v) is 8.04. The Morgan fingerprint density at radius 2 is 1.82 bits per heavy atom. The molecule has 3 N–H and O–H groups in total. The van der Waals surface area contributed by atoms with Gasteiger partial charge in [-0.15, -0.1) is 11.3 Å². The van der Waals surface area contributed by atoms with Gasteiger partial charge in [0.25, 0.3) is 5.91 Å². The van der Waals surface area contributed by atoms with Gasteiger partial charge in [-0.25, -0.2) is 22.0 Å². The lowest BCUT2D eigenvalue weighted by Gasteiger charge is -2.25. The number of nitrogens with zero attached hydrogens (tertiary/aromatic N) is 1. The molecule has 1 fully saturated rings. The zero-order valence-electron chi connectivity index (χ0n) is 15.0. The number of nitrogens with two attached hydrogens (primary N) is 1. The number of sulfonamides is 2. The highest BCUT2D eigenvalue weighted by molar-refractivity contribution is 7.89. The maximum absolute atomic E-state index is 12.9. The smallest absolute Gasteiger partial charge is 0.267 e. The van der Waals surface area contributed by atoms with Gasteiger partial charge in [0.1, 0.15) is 9.77 Å². The lowest BCUT2D eigenvalue weighted by Crippen LogP contribution is -2.36. The Kier molecular flexibility index (Phi) is 6.20. The zero-order valence-corrected chi connectivity index (χ0v) is 17.4. The Balaban J connectivity index is 1.81. The Morgan fingerprint density at radius 3 is 2.50 bits per heavy atom. The summed E-state index contributed by atoms with van der Waals surface area (Å²) in [7, 11) is -7.43. The topological polar surface area (TPSA) is 127 Å². The van der Waals surface area contributed by atoms with Gasteiger partial charge in [0, 0.05) is 18.8 Å². The summed E-state index contributed by atoms with van der Waals surface area (Å²) in [6.45, 7) is 0.906. The van der Waals surface area contributed by atoms with E-state index < -0.39 is 26.0 Å². The van der Waals surface area contributed by atoms with Crippen LogP contribution >= 0.6 is 11.3 Å². The zero-order chi connectivity index (χ0) is 20.4. The number of carbonyl (C=O) groups is 1. The molecule has 1 amide bonds. The van der Waals surface area contributed by atoms with Gasteiger partial charge in [0.05, 0.1) is 5.75 Å². The van der Waals surface area contributed by atoms with Crippen molar-refractivity contribution in [3.8, 4) is 0 Å². The molecule has 2 heterocycles. The maximum atomic E-state index is 12.9. The van der Waals surface area contributed by atoms with Crippen LogP contribution in [0.4, 0.5) is 5.69 Å². The maximum Gasteiger partial charge on any atom is 0.267 e. The van der Waals surface area contributed by atoms with Crippen LogP contribution in [0.2, 0.25) is 0 Å². The van der Waals surface area contributed by atoms with Crippen molar-refractivity contribution in [3.63, 3.8) is 0 Å². The average Bonchev–Trinajstić information content (AvgIpc) is 3.12. The Labute approximate surface area is 168 Å². The molecule has 1 saturated heterocycles. The molecule has 0 spiro atoms. The molecule has 0 unspecified atom stereocenters. The number of benzene rings is 1. The summed E-state index contributed by atoms with van der Waals surface area (Å²) in [4.78, 5) is 12.8. The van der Waals surface area contributed by atoms with Crippen molar-refractivity contribution in [2.24, 2.45) is 5.14 Å². The van der Waals surface area contributed by atoms with Crippen LogP contribution < -0.4 is 10.5 Å². The standard InChI is InChI=1S/C17H21N3O5S3/c18-27(22,23)12-13-5-4-6-14(11-13)19-17(21)16-15(7-10-26-16)28(24,25)20-8-2-1-3-9-20/h4-7,10-11H,1-3,8-9,12H2,(H,19,21)(H2,18,22,23). The third kappa shape index (κ3) is 4.97. The summed E-state index contributed by atoms with van der Waals surface area (Å²) in [6, 6.07) is 7.71. The summed E-state index contributed by atoms with van der Waals surface area (Å²) in [6.07, 6.45) is 2.61. The molecule has 0 bridgehead atoms. The van der Waals surface area contributed by atoms with E-state index in [1.54, 1.807) is 23.6 Å². The van der Waals surface area contributed by atoms with Crippen LogP contribution in [-0.2, 0) is 25.8 Å². The van der Waals surface area contributed by atoms with Gasteiger partial charge < -0.3 is 5.32 Å². The Hall–Kier alpha value is -1.79. The predicted octanol–water partition coefficient (Wildman–Crippen LogP) is 1.96. The largest absolute Gasteiger partial charge is 0.321 e. The number of carbonyl (C=O) groups excluding carboxylic acids is 1. The van der Waals surface area contributed by atoms with Crippen molar-refractivity contribution < 1.29 is 21.6 Å². The molecule has 3 rings (SSSR count). The van der Waals surface area contributed by atoms with Crippen molar-refractivity contribution in [2.45, 2.75) is 29.9 Å². The minimum atomic E-state index is -3.73. The quantitative estimate of drug-likeness (QED) is 0.706. The highest BCUT2D eigenvalue weighted by atomic mass is 32.2. The number of anilines is 1. The molecule has 1 aromatic carbocycles. The van der Waals surface area contributed by atoms with Crippen molar-refractivity contribution in [3.05, 3.63) is 46.2 Å². The molecule has 8 nitrogen and oxygen atoms in total. The van der Waals surface area contributed by atoms with Crippen molar-refractivity contribution in [1.82, 2.24) is 4.31 Å². The first-order valence-corrected chi connectivity index (χ1v) is 12.7. The number of hydrogen-bond acceptors (Lipinski definition) is 6. The van der Waals surface area contributed by atoms with Crippen LogP contribution in [0.1, 0.15) is 34.5 Å². The first-order chi connectivity index (χ1) is 13.2. The Bertz CT molecular complexity index is 1070. The van der Waals surface area contributed by atoms with E-state index in [2.05, 4.69) is 5.32 Å².